The van der Waals surface area contributed by atoms with Gasteiger partial charge in [-0.2, -0.15) is 0 Å². The summed E-state index contributed by atoms with van der Waals surface area (Å²) in [5.41, 5.74) is 2.50. The number of carboxylic acid groups (broad SMARTS) is 1. The Morgan fingerprint density at radius 3 is 2.50 bits per heavy atom. The number of carbonyl (C=O) groups is 2. The van der Waals surface area contributed by atoms with Crippen LogP contribution in [0.25, 0.3) is 6.08 Å². The van der Waals surface area contributed by atoms with Crippen molar-refractivity contribution in [1.82, 2.24) is 4.90 Å². The Morgan fingerprint density at radius 1 is 1.14 bits per heavy atom. The third-order valence-electron chi connectivity index (χ3n) is 5.57. The van der Waals surface area contributed by atoms with E-state index in [0.717, 1.165) is 23.2 Å². The number of rotatable bonds is 8. The number of carbonyl (C=O) groups excluding carboxylic acids is 1. The van der Waals surface area contributed by atoms with E-state index in [-0.39, 0.29) is 24.1 Å². The molecule has 1 aliphatic heterocycles. The highest BCUT2D eigenvalue weighted by atomic mass is 35.5. The molecule has 0 aliphatic carbocycles. The number of nitrogens with zero attached hydrogens (tertiary/aromatic N) is 2. The van der Waals surface area contributed by atoms with E-state index >= 15 is 0 Å². The van der Waals surface area contributed by atoms with Crippen molar-refractivity contribution in [3.8, 4) is 5.75 Å². The van der Waals surface area contributed by atoms with Crippen LogP contribution in [0, 0.1) is 0 Å². The van der Waals surface area contributed by atoms with Crippen LogP contribution in [0.3, 0.4) is 0 Å². The highest BCUT2D eigenvalue weighted by Gasteiger charge is 2.33. The molecule has 1 amide bonds. The molecule has 3 aromatic carbocycles. The fourth-order valence-corrected chi connectivity index (χ4v) is 4.66. The van der Waals surface area contributed by atoms with Crippen LogP contribution in [0.5, 0.6) is 5.75 Å². The second-order valence-corrected chi connectivity index (χ2v) is 9.68. The maximum Gasteiger partial charge on any atom is 0.335 e. The second kappa shape index (κ2) is 11.5. The van der Waals surface area contributed by atoms with E-state index in [1.54, 1.807) is 29.2 Å². The average Bonchev–Trinajstić information content (AvgIpc) is 3.15. The van der Waals surface area contributed by atoms with Crippen molar-refractivity contribution in [2.24, 2.45) is 4.99 Å². The summed E-state index contributed by atoms with van der Waals surface area (Å²) in [6.45, 7) is 4.29. The van der Waals surface area contributed by atoms with E-state index in [0.29, 0.717) is 20.8 Å². The van der Waals surface area contributed by atoms with Crippen molar-refractivity contribution in [2.45, 2.75) is 32.9 Å². The van der Waals surface area contributed by atoms with Crippen molar-refractivity contribution < 1.29 is 19.4 Å². The first-order valence-electron chi connectivity index (χ1n) is 11.5. The number of hydrogen-bond acceptors (Lipinski definition) is 5. The Morgan fingerprint density at radius 2 is 1.86 bits per heavy atom. The number of amides is 1. The molecule has 6 nitrogen and oxygen atoms in total. The number of carboxylic acids is 1. The molecule has 36 heavy (non-hydrogen) atoms. The van der Waals surface area contributed by atoms with Gasteiger partial charge in [0, 0.05) is 0 Å². The molecule has 0 saturated carbocycles. The van der Waals surface area contributed by atoms with Crippen molar-refractivity contribution >= 4 is 52.2 Å². The van der Waals surface area contributed by atoms with E-state index in [1.165, 1.54) is 23.9 Å². The minimum absolute atomic E-state index is 0.0496. The van der Waals surface area contributed by atoms with Gasteiger partial charge in [-0.15, -0.1) is 0 Å². The highest BCUT2D eigenvalue weighted by Crippen LogP contribution is 2.36. The minimum atomic E-state index is -0.995. The molecule has 184 valence electrons. The average molecular weight is 521 g/mol. The van der Waals surface area contributed by atoms with Gasteiger partial charge in [0.1, 0.15) is 5.75 Å². The van der Waals surface area contributed by atoms with Crippen LogP contribution in [0.15, 0.2) is 82.7 Å². The van der Waals surface area contributed by atoms with Crippen LogP contribution in [-0.2, 0) is 11.3 Å². The Balaban J connectivity index is 1.63. The monoisotopic (exact) mass is 520 g/mol. The maximum absolute atomic E-state index is 13.4. The van der Waals surface area contributed by atoms with Crippen LogP contribution < -0.4 is 4.74 Å². The lowest BCUT2D eigenvalue weighted by Gasteiger charge is -2.16. The summed E-state index contributed by atoms with van der Waals surface area (Å²) in [6, 6.07) is 21.3. The first-order chi connectivity index (χ1) is 17.3. The zero-order chi connectivity index (χ0) is 25.7. The van der Waals surface area contributed by atoms with Crippen molar-refractivity contribution in [2.75, 3.05) is 0 Å². The lowest BCUT2D eigenvalue weighted by molar-refractivity contribution is -0.122. The van der Waals surface area contributed by atoms with Crippen molar-refractivity contribution in [3.63, 3.8) is 0 Å². The summed E-state index contributed by atoms with van der Waals surface area (Å²) in [4.78, 5) is 31.4. The number of aromatic carboxylic acids is 1. The number of amidine groups is 1. The summed E-state index contributed by atoms with van der Waals surface area (Å²) >= 11 is 7.72. The molecule has 3 aromatic rings. The Hall–Kier alpha value is -3.55. The largest absolute Gasteiger partial charge is 0.489 e. The first kappa shape index (κ1) is 25.5. The summed E-state index contributed by atoms with van der Waals surface area (Å²) < 4.78 is 5.84. The van der Waals surface area contributed by atoms with Gasteiger partial charge in [0.2, 0.25) is 0 Å². The SMILES string of the molecule is CC[C@@H](C)Oc1ccc(/C=C2\SC(=Nc3ccccc3)N(Cc3ccc(C(=O)O)cc3)C2=O)cc1Cl. The van der Waals surface area contributed by atoms with Crippen molar-refractivity contribution in [3.05, 3.63) is 99.4 Å². The van der Waals surface area contributed by atoms with Gasteiger partial charge in [0.25, 0.3) is 5.91 Å². The fraction of sp³-hybridized carbons (Fsp3) is 0.179. The summed E-state index contributed by atoms with van der Waals surface area (Å²) in [5, 5.41) is 10.2. The Bertz CT molecular complexity index is 1320. The van der Waals surface area contributed by atoms with E-state index in [2.05, 4.69) is 0 Å². The van der Waals surface area contributed by atoms with Gasteiger partial charge in [-0.25, -0.2) is 9.79 Å². The highest BCUT2D eigenvalue weighted by molar-refractivity contribution is 8.18. The normalized spacial score (nSPS) is 16.5. The molecule has 0 spiro atoms. The number of hydrogen-bond donors (Lipinski definition) is 1. The second-order valence-electron chi connectivity index (χ2n) is 8.26. The van der Waals surface area contributed by atoms with Gasteiger partial charge in [0.05, 0.1) is 33.8 Å². The molecule has 1 aliphatic rings. The summed E-state index contributed by atoms with van der Waals surface area (Å²) in [5.74, 6) is -0.575. The molecular weight excluding hydrogens is 496 g/mol. The predicted octanol–water partition coefficient (Wildman–Crippen LogP) is 7.02. The zero-order valence-corrected chi connectivity index (χ0v) is 21.4. The molecule has 0 bridgehead atoms. The third kappa shape index (κ3) is 6.17. The molecule has 1 atom stereocenters. The molecule has 4 rings (SSSR count). The number of halogens is 1. The van der Waals surface area contributed by atoms with E-state index in [1.807, 2.05) is 56.3 Å². The lowest BCUT2D eigenvalue weighted by Crippen LogP contribution is -2.28. The Kier molecular flexibility index (Phi) is 8.13. The fourth-order valence-electron chi connectivity index (χ4n) is 3.43. The number of aliphatic imine (C=N–C) groups is 1. The minimum Gasteiger partial charge on any atom is -0.489 e. The van der Waals surface area contributed by atoms with Gasteiger partial charge in [0.15, 0.2) is 5.17 Å². The van der Waals surface area contributed by atoms with E-state index < -0.39 is 5.97 Å². The third-order valence-corrected chi connectivity index (χ3v) is 6.87. The van der Waals surface area contributed by atoms with Gasteiger partial charge < -0.3 is 9.84 Å². The molecule has 1 fully saturated rings. The molecule has 0 radical (unpaired) electrons. The van der Waals surface area contributed by atoms with Gasteiger partial charge >= 0.3 is 5.97 Å². The molecule has 1 N–H and O–H groups in total. The van der Waals surface area contributed by atoms with Crippen LogP contribution in [0.4, 0.5) is 5.69 Å². The first-order valence-corrected chi connectivity index (χ1v) is 12.7. The number of thioether (sulfide) groups is 1. The molecular formula is C28H25ClN2O4S. The smallest absolute Gasteiger partial charge is 0.335 e. The zero-order valence-electron chi connectivity index (χ0n) is 19.8. The van der Waals surface area contributed by atoms with E-state index in [9.17, 15) is 9.59 Å². The quantitative estimate of drug-likeness (QED) is 0.323. The molecule has 8 heteroatoms. The van der Waals surface area contributed by atoms with Crippen LogP contribution >= 0.6 is 23.4 Å². The van der Waals surface area contributed by atoms with Gasteiger partial charge in [-0.05, 0) is 78.7 Å². The van der Waals surface area contributed by atoms with Gasteiger partial charge in [-0.3, -0.25) is 9.69 Å². The van der Waals surface area contributed by atoms with Crippen molar-refractivity contribution in [1.29, 1.82) is 0 Å². The molecule has 1 heterocycles. The lowest BCUT2D eigenvalue weighted by atomic mass is 10.1. The number of ether oxygens (including phenoxy) is 1. The standard InChI is InChI=1S/C28H25ClN2O4S/c1-3-18(2)35-24-14-11-20(15-23(24)29)16-25-26(32)31(17-19-9-12-21(13-10-19)27(33)34)28(36-25)30-22-7-5-4-6-8-22/h4-16,18H,3,17H2,1-2H3,(H,33,34)/b25-16-,30-28?/t18-/m1/s1. The summed E-state index contributed by atoms with van der Waals surface area (Å²) in [7, 11) is 0. The maximum atomic E-state index is 13.4. The van der Waals surface area contributed by atoms with Crippen LogP contribution in [0.1, 0.15) is 41.8 Å². The molecule has 1 saturated heterocycles. The number of para-hydroxylation sites is 1. The number of benzene rings is 3. The topological polar surface area (TPSA) is 79.2 Å². The van der Waals surface area contributed by atoms with Gasteiger partial charge in [-0.1, -0.05) is 54.9 Å². The predicted molar refractivity (Wildman–Crippen MR) is 145 cm³/mol. The molecule has 0 unspecified atom stereocenters. The van der Waals surface area contributed by atoms with E-state index in [4.69, 9.17) is 26.4 Å². The summed E-state index contributed by atoms with van der Waals surface area (Å²) in [6.07, 6.45) is 2.71. The van der Waals surface area contributed by atoms with Crippen LogP contribution in [0.2, 0.25) is 5.02 Å². The van der Waals surface area contributed by atoms with Crippen LogP contribution in [-0.4, -0.2) is 33.2 Å². The Labute approximate surface area is 219 Å². The molecule has 0 aromatic heterocycles.